The summed E-state index contributed by atoms with van der Waals surface area (Å²) in [6.45, 7) is 8.60. The monoisotopic (exact) mass is 499 g/mol. The molecule has 1 fully saturated rings. The van der Waals surface area contributed by atoms with E-state index in [0.717, 1.165) is 5.56 Å². The van der Waals surface area contributed by atoms with E-state index in [1.54, 1.807) is 28.0 Å². The number of anilines is 1. The van der Waals surface area contributed by atoms with Gasteiger partial charge in [-0.15, -0.1) is 0 Å². The van der Waals surface area contributed by atoms with Gasteiger partial charge in [0.25, 0.3) is 5.91 Å². The molecule has 2 aromatic rings. The van der Waals surface area contributed by atoms with Crippen LogP contribution in [0, 0.1) is 5.41 Å². The number of carbonyl (C=O) groups is 3. The van der Waals surface area contributed by atoms with Crippen LogP contribution >= 0.6 is 11.6 Å². The Balaban J connectivity index is 1.50. The van der Waals surface area contributed by atoms with Crippen LogP contribution in [0.15, 0.2) is 42.5 Å². The largest absolute Gasteiger partial charge is 0.478 e. The van der Waals surface area contributed by atoms with Crippen molar-refractivity contribution < 1.29 is 24.3 Å². The lowest BCUT2D eigenvalue weighted by Gasteiger charge is -2.52. The molecular formula is C26H30ClN3O5. The highest BCUT2D eigenvalue weighted by Gasteiger charge is 2.53. The molecule has 4 rings (SSSR count). The van der Waals surface area contributed by atoms with Crippen LogP contribution < -0.4 is 10.8 Å². The van der Waals surface area contributed by atoms with Crippen molar-refractivity contribution in [2.75, 3.05) is 18.0 Å². The fourth-order valence-corrected chi connectivity index (χ4v) is 5.57. The summed E-state index contributed by atoms with van der Waals surface area (Å²) in [6.07, 6.45) is 0.625. The molecule has 1 saturated heterocycles. The van der Waals surface area contributed by atoms with Crippen molar-refractivity contribution in [3.8, 4) is 0 Å². The van der Waals surface area contributed by atoms with Crippen molar-refractivity contribution in [2.45, 2.75) is 51.7 Å². The molecule has 35 heavy (non-hydrogen) atoms. The zero-order chi connectivity index (χ0) is 25.8. The second-order valence-electron chi connectivity index (χ2n) is 10.6. The standard InChI is InChI=1S/C26H30ClN3O5/c1-24(2)15-29(12-11-26(24,35-28)17-6-8-18(27)9-7-17)21(31)14-25(3,4)30-20-10-5-16(23(33)34)13-19(20)22(30)32/h5-10,13H,11-12,14-15,28H2,1-4H3,(H,33,34)/t26-/m0/s1. The van der Waals surface area contributed by atoms with E-state index in [0.29, 0.717) is 35.8 Å². The van der Waals surface area contributed by atoms with E-state index in [-0.39, 0.29) is 23.8 Å². The minimum atomic E-state index is -1.09. The Bertz CT molecular complexity index is 1190. The van der Waals surface area contributed by atoms with E-state index in [9.17, 15) is 19.5 Å². The Labute approximate surface area is 209 Å². The molecule has 2 aliphatic rings. The highest BCUT2D eigenvalue weighted by atomic mass is 35.5. The van der Waals surface area contributed by atoms with Crippen molar-refractivity contribution in [3.05, 3.63) is 64.2 Å². The van der Waals surface area contributed by atoms with Crippen LogP contribution in [-0.4, -0.2) is 46.4 Å². The van der Waals surface area contributed by atoms with Crippen LogP contribution in [0.3, 0.4) is 0 Å². The zero-order valence-corrected chi connectivity index (χ0v) is 21.1. The predicted octanol–water partition coefficient (Wildman–Crippen LogP) is 4.21. The highest BCUT2D eigenvalue weighted by Crippen LogP contribution is 2.49. The molecule has 0 aliphatic carbocycles. The summed E-state index contributed by atoms with van der Waals surface area (Å²) in [5.41, 5.74) is -0.103. The van der Waals surface area contributed by atoms with Gasteiger partial charge >= 0.3 is 5.97 Å². The van der Waals surface area contributed by atoms with E-state index < -0.39 is 22.5 Å². The third kappa shape index (κ3) is 4.09. The predicted molar refractivity (Wildman–Crippen MR) is 132 cm³/mol. The van der Waals surface area contributed by atoms with Crippen molar-refractivity contribution >= 4 is 35.1 Å². The Hall–Kier alpha value is -2.94. The van der Waals surface area contributed by atoms with Gasteiger partial charge in [0.1, 0.15) is 5.60 Å². The Morgan fingerprint density at radius 1 is 1.17 bits per heavy atom. The fraction of sp³-hybridized carbons (Fsp3) is 0.423. The van der Waals surface area contributed by atoms with Crippen LogP contribution in [0.2, 0.25) is 5.02 Å². The summed E-state index contributed by atoms with van der Waals surface area (Å²) in [4.78, 5) is 46.4. The maximum absolute atomic E-state index is 13.4. The number of carbonyl (C=O) groups excluding carboxylic acids is 2. The molecule has 0 saturated carbocycles. The topological polar surface area (TPSA) is 113 Å². The molecule has 1 atom stereocenters. The number of nitrogens with two attached hydrogens (primary N) is 1. The van der Waals surface area contributed by atoms with Crippen molar-refractivity contribution in [2.24, 2.45) is 11.3 Å². The molecule has 3 N–H and O–H groups in total. The number of halogens is 1. The fourth-order valence-electron chi connectivity index (χ4n) is 5.44. The molecule has 2 heterocycles. The number of carboxylic acid groups (broad SMARTS) is 1. The zero-order valence-electron chi connectivity index (χ0n) is 20.3. The van der Waals surface area contributed by atoms with Gasteiger partial charge in [0, 0.05) is 36.4 Å². The maximum atomic E-state index is 13.4. The van der Waals surface area contributed by atoms with E-state index in [4.69, 9.17) is 22.3 Å². The number of rotatable bonds is 6. The van der Waals surface area contributed by atoms with Crippen LogP contribution in [0.4, 0.5) is 5.69 Å². The SMILES string of the molecule is CC(C)(CC(=O)N1CC[C@](ON)(c2ccc(Cl)cc2)C(C)(C)C1)N1C(=O)c2cc(C(=O)O)ccc21. The van der Waals surface area contributed by atoms with Crippen LogP contribution in [0.25, 0.3) is 0 Å². The van der Waals surface area contributed by atoms with E-state index >= 15 is 0 Å². The molecule has 0 unspecified atom stereocenters. The molecule has 0 bridgehead atoms. The lowest BCUT2D eigenvalue weighted by Crippen LogP contribution is -2.60. The van der Waals surface area contributed by atoms with Crippen molar-refractivity contribution in [1.29, 1.82) is 0 Å². The second kappa shape index (κ2) is 8.62. The smallest absolute Gasteiger partial charge is 0.335 e. The number of piperidine rings is 1. The lowest BCUT2D eigenvalue weighted by molar-refractivity contribution is -0.178. The highest BCUT2D eigenvalue weighted by molar-refractivity contribution is 6.30. The van der Waals surface area contributed by atoms with Gasteiger partial charge < -0.3 is 14.9 Å². The Kier molecular flexibility index (Phi) is 6.20. The number of hydrogen-bond acceptors (Lipinski definition) is 5. The van der Waals surface area contributed by atoms with Gasteiger partial charge in [-0.25, -0.2) is 10.7 Å². The van der Waals surface area contributed by atoms with Gasteiger partial charge in [0.2, 0.25) is 5.91 Å². The Morgan fingerprint density at radius 3 is 2.40 bits per heavy atom. The summed E-state index contributed by atoms with van der Waals surface area (Å²) >= 11 is 6.06. The number of amides is 2. The third-order valence-electron chi connectivity index (χ3n) is 7.38. The van der Waals surface area contributed by atoms with E-state index in [2.05, 4.69) is 0 Å². The number of carboxylic acids is 1. The first-order valence-corrected chi connectivity index (χ1v) is 11.8. The number of hydrogen-bond donors (Lipinski definition) is 2. The number of benzene rings is 2. The quantitative estimate of drug-likeness (QED) is 0.575. The number of likely N-dealkylation sites (tertiary alicyclic amines) is 1. The third-order valence-corrected chi connectivity index (χ3v) is 7.64. The lowest BCUT2D eigenvalue weighted by atomic mass is 9.66. The number of fused-ring (bicyclic) bond motifs is 1. The van der Waals surface area contributed by atoms with Crippen LogP contribution in [0.5, 0.6) is 0 Å². The minimum absolute atomic E-state index is 0.0625. The van der Waals surface area contributed by atoms with Gasteiger partial charge in [-0.1, -0.05) is 37.6 Å². The Morgan fingerprint density at radius 2 is 1.83 bits per heavy atom. The van der Waals surface area contributed by atoms with E-state index in [1.807, 2.05) is 39.8 Å². The first-order chi connectivity index (χ1) is 16.3. The van der Waals surface area contributed by atoms with E-state index in [1.165, 1.54) is 12.1 Å². The molecular weight excluding hydrogens is 470 g/mol. The van der Waals surface area contributed by atoms with Crippen molar-refractivity contribution in [1.82, 2.24) is 4.90 Å². The summed E-state index contributed by atoms with van der Waals surface area (Å²) in [7, 11) is 0. The first kappa shape index (κ1) is 25.2. The van der Waals surface area contributed by atoms with Crippen LogP contribution in [-0.2, 0) is 15.2 Å². The molecule has 0 spiro atoms. The molecule has 186 valence electrons. The summed E-state index contributed by atoms with van der Waals surface area (Å²) in [5.74, 6) is 4.40. The van der Waals surface area contributed by atoms with Gasteiger partial charge in [-0.2, -0.15) is 0 Å². The molecule has 2 aliphatic heterocycles. The molecule has 0 aromatic heterocycles. The molecule has 2 amide bonds. The maximum Gasteiger partial charge on any atom is 0.335 e. The van der Waals surface area contributed by atoms with Crippen LogP contribution in [0.1, 0.15) is 66.8 Å². The minimum Gasteiger partial charge on any atom is -0.478 e. The summed E-state index contributed by atoms with van der Waals surface area (Å²) in [5, 5.41) is 9.80. The second-order valence-corrected chi connectivity index (χ2v) is 11.0. The number of nitrogens with zero attached hydrogens (tertiary/aromatic N) is 2. The molecule has 0 radical (unpaired) electrons. The molecule has 2 aromatic carbocycles. The van der Waals surface area contributed by atoms with Gasteiger partial charge in [-0.3, -0.25) is 14.4 Å². The van der Waals surface area contributed by atoms with Crippen molar-refractivity contribution in [3.63, 3.8) is 0 Å². The van der Waals surface area contributed by atoms with Gasteiger partial charge in [0.15, 0.2) is 0 Å². The average molecular weight is 500 g/mol. The average Bonchev–Trinajstić information content (AvgIpc) is 2.78. The normalized spacial score (nSPS) is 21.4. The molecule has 8 nitrogen and oxygen atoms in total. The number of aromatic carboxylic acids is 1. The summed E-state index contributed by atoms with van der Waals surface area (Å²) < 4.78 is 0. The molecule has 9 heteroatoms. The summed E-state index contributed by atoms with van der Waals surface area (Å²) in [6, 6.07) is 11.9. The van der Waals surface area contributed by atoms with Gasteiger partial charge in [0.05, 0.1) is 22.4 Å². The first-order valence-electron chi connectivity index (χ1n) is 11.5. The van der Waals surface area contributed by atoms with Gasteiger partial charge in [-0.05, 0) is 49.7 Å².